The summed E-state index contributed by atoms with van der Waals surface area (Å²) in [6, 6.07) is 0. The summed E-state index contributed by atoms with van der Waals surface area (Å²) in [5, 5.41) is 10.8. The van der Waals surface area contributed by atoms with Crippen LogP contribution in [0, 0.1) is 23.8 Å². The van der Waals surface area contributed by atoms with Crippen molar-refractivity contribution in [3.8, 4) is 0 Å². The number of carbonyl (C=O) groups is 1. The summed E-state index contributed by atoms with van der Waals surface area (Å²) < 4.78 is 11.1. The standard InChI is InChI=1S/C16H23O4/c1-9-10-5-8-16(3,19-4)11-6-7-15(11,2)13(17)12(10)20-14(9)18/h1,10-13,17H,5-8H2,2-4H3/q+1/t10-,11+,12-,13+,15+,16+/m0/s1. The zero-order valence-corrected chi connectivity index (χ0v) is 12.4. The third kappa shape index (κ3) is 1.62. The lowest BCUT2D eigenvalue weighted by Gasteiger charge is -2.59. The van der Waals surface area contributed by atoms with Crippen molar-refractivity contribution in [1.82, 2.24) is 0 Å². The van der Waals surface area contributed by atoms with Crippen molar-refractivity contribution >= 4 is 5.97 Å². The van der Waals surface area contributed by atoms with Gasteiger partial charge in [-0.25, -0.2) is 0 Å². The Bertz CT molecular complexity index is 459. The topological polar surface area (TPSA) is 55.8 Å². The molecular formula is C16H23O4+. The molecule has 0 aromatic rings. The van der Waals surface area contributed by atoms with Gasteiger partial charge in [-0.05, 0) is 38.5 Å². The Kier molecular flexibility index (Phi) is 2.99. The first-order chi connectivity index (χ1) is 9.33. The van der Waals surface area contributed by atoms with Crippen LogP contribution in [0.15, 0.2) is 5.57 Å². The molecule has 3 aliphatic rings. The zero-order chi connectivity index (χ0) is 14.7. The Morgan fingerprint density at radius 2 is 2.05 bits per heavy atom. The van der Waals surface area contributed by atoms with E-state index in [4.69, 9.17) is 16.1 Å². The second kappa shape index (κ2) is 4.27. The van der Waals surface area contributed by atoms with Crippen molar-refractivity contribution in [3.63, 3.8) is 0 Å². The summed E-state index contributed by atoms with van der Waals surface area (Å²) in [5.41, 5.74) is -0.280. The molecule has 0 spiro atoms. The van der Waals surface area contributed by atoms with E-state index in [1.807, 2.05) is 0 Å². The molecule has 0 radical (unpaired) electrons. The van der Waals surface area contributed by atoms with E-state index in [0.29, 0.717) is 0 Å². The number of aliphatic hydroxyl groups is 1. The van der Waals surface area contributed by atoms with Crippen LogP contribution in [0.1, 0.15) is 39.5 Å². The molecule has 0 aromatic carbocycles. The summed E-state index contributed by atoms with van der Waals surface area (Å²) in [7, 11) is 1.73. The highest BCUT2D eigenvalue weighted by atomic mass is 16.6. The van der Waals surface area contributed by atoms with Crippen LogP contribution in [0.3, 0.4) is 0 Å². The van der Waals surface area contributed by atoms with Crippen LogP contribution in [-0.4, -0.2) is 36.0 Å². The second-order valence-corrected chi connectivity index (χ2v) is 7.03. The van der Waals surface area contributed by atoms with Crippen LogP contribution in [-0.2, 0) is 14.3 Å². The van der Waals surface area contributed by atoms with E-state index < -0.39 is 18.2 Å². The monoisotopic (exact) mass is 279 g/mol. The van der Waals surface area contributed by atoms with Gasteiger partial charge in [0.15, 0.2) is 6.10 Å². The molecule has 1 saturated heterocycles. The fourth-order valence-corrected chi connectivity index (χ4v) is 4.54. The molecule has 2 aliphatic carbocycles. The molecule has 0 bridgehead atoms. The fraction of sp³-hybridized carbons (Fsp3) is 0.812. The molecule has 0 amide bonds. The quantitative estimate of drug-likeness (QED) is 0.452. The second-order valence-electron chi connectivity index (χ2n) is 7.03. The lowest BCUT2D eigenvalue weighted by atomic mass is 9.50. The van der Waals surface area contributed by atoms with Crippen molar-refractivity contribution in [2.24, 2.45) is 17.3 Å². The Morgan fingerprint density at radius 3 is 2.60 bits per heavy atom. The van der Waals surface area contributed by atoms with Crippen LogP contribution >= 0.6 is 0 Å². The average molecular weight is 279 g/mol. The van der Waals surface area contributed by atoms with Gasteiger partial charge >= 0.3 is 5.97 Å². The minimum atomic E-state index is -0.675. The van der Waals surface area contributed by atoms with Gasteiger partial charge in [0.25, 0.3) is 5.57 Å². The number of carbonyl (C=O) groups excluding carboxylic acids is 1. The summed E-state index contributed by atoms with van der Waals surface area (Å²) in [6.07, 6.45) is 2.36. The molecule has 3 fully saturated rings. The van der Waals surface area contributed by atoms with Crippen molar-refractivity contribution in [2.45, 2.75) is 57.3 Å². The number of hydrogen-bond acceptors (Lipinski definition) is 4. The van der Waals surface area contributed by atoms with Gasteiger partial charge in [0.1, 0.15) is 6.10 Å². The molecule has 4 nitrogen and oxygen atoms in total. The number of rotatable bonds is 1. The third-order valence-electron chi connectivity index (χ3n) is 6.18. The van der Waals surface area contributed by atoms with Gasteiger partial charge in [-0.1, -0.05) is 6.92 Å². The maximum absolute atomic E-state index is 11.7. The van der Waals surface area contributed by atoms with Crippen LogP contribution in [0.5, 0.6) is 0 Å². The minimum absolute atomic E-state index is 0.189. The summed E-state index contributed by atoms with van der Waals surface area (Å²) in [5.74, 6) is -0.360. The first kappa shape index (κ1) is 14.0. The molecule has 1 aliphatic heterocycles. The molecule has 110 valence electrons. The highest BCUT2D eigenvalue weighted by Gasteiger charge is 2.64. The van der Waals surface area contributed by atoms with Crippen LogP contribution in [0.25, 0.3) is 0 Å². The van der Waals surface area contributed by atoms with Gasteiger partial charge in [-0.15, -0.1) is 4.79 Å². The number of ether oxygens (including phenoxy) is 2. The van der Waals surface area contributed by atoms with E-state index in [1.165, 1.54) is 0 Å². The van der Waals surface area contributed by atoms with Crippen molar-refractivity contribution in [2.75, 3.05) is 7.11 Å². The lowest BCUT2D eigenvalue weighted by Crippen LogP contribution is -2.62. The fourth-order valence-electron chi connectivity index (χ4n) is 4.54. The first-order valence-corrected chi connectivity index (χ1v) is 7.40. The van der Waals surface area contributed by atoms with E-state index in [9.17, 15) is 9.90 Å². The van der Waals surface area contributed by atoms with Crippen LogP contribution in [0.4, 0.5) is 0 Å². The third-order valence-corrected chi connectivity index (χ3v) is 6.18. The van der Waals surface area contributed by atoms with Gasteiger partial charge in [0, 0.05) is 12.5 Å². The van der Waals surface area contributed by atoms with Crippen molar-refractivity contribution in [3.05, 3.63) is 12.2 Å². The molecule has 0 aromatic heterocycles. The molecule has 4 heteroatoms. The highest BCUT2D eigenvalue weighted by Crippen LogP contribution is 2.59. The molecule has 2 saturated carbocycles. The van der Waals surface area contributed by atoms with E-state index in [1.54, 1.807) is 7.11 Å². The predicted molar refractivity (Wildman–Crippen MR) is 72.7 cm³/mol. The molecule has 6 atom stereocenters. The first-order valence-electron chi connectivity index (χ1n) is 7.40. The molecular weight excluding hydrogens is 256 g/mol. The maximum Gasteiger partial charge on any atom is 0.488 e. The Hall–Kier alpha value is -0.960. The Balaban J connectivity index is 1.98. The van der Waals surface area contributed by atoms with Crippen molar-refractivity contribution < 1.29 is 19.4 Å². The van der Waals surface area contributed by atoms with Gasteiger partial charge in [-0.3, -0.25) is 0 Å². The lowest BCUT2D eigenvalue weighted by molar-refractivity contribution is -0.214. The summed E-state index contributed by atoms with van der Waals surface area (Å²) in [6.45, 7) is 10.1. The number of hydrogen-bond donors (Lipinski definition) is 1. The smallest absolute Gasteiger partial charge is 0.389 e. The largest absolute Gasteiger partial charge is 0.488 e. The minimum Gasteiger partial charge on any atom is -0.389 e. The molecule has 3 rings (SSSR count). The van der Waals surface area contributed by atoms with E-state index in [0.717, 1.165) is 25.7 Å². The van der Waals surface area contributed by atoms with E-state index in [-0.39, 0.29) is 28.4 Å². The van der Waals surface area contributed by atoms with Gasteiger partial charge in [0.2, 0.25) is 0 Å². The van der Waals surface area contributed by atoms with Gasteiger partial charge in [0.05, 0.1) is 18.1 Å². The van der Waals surface area contributed by atoms with E-state index in [2.05, 4.69) is 13.8 Å². The molecule has 20 heavy (non-hydrogen) atoms. The van der Waals surface area contributed by atoms with Crippen LogP contribution < -0.4 is 0 Å². The Morgan fingerprint density at radius 1 is 1.35 bits per heavy atom. The normalized spacial score (nSPS) is 51.4. The molecule has 0 unspecified atom stereocenters. The SMILES string of the molecule is [CH+]=C1C(=O)O[C@@H]2[C@@H](O)[C@]3(C)CC[C@H]3[C@](C)(OC)CC[C@@H]12. The summed E-state index contributed by atoms with van der Waals surface area (Å²) in [4.78, 5) is 11.7. The average Bonchev–Trinajstić information content (AvgIpc) is 2.68. The molecule has 1 N–H and O–H groups in total. The van der Waals surface area contributed by atoms with Crippen LogP contribution in [0.2, 0.25) is 0 Å². The predicted octanol–water partition coefficient (Wildman–Crippen LogP) is 1.86. The number of aliphatic hydroxyl groups excluding tert-OH is 1. The van der Waals surface area contributed by atoms with Crippen molar-refractivity contribution in [1.29, 1.82) is 0 Å². The number of methoxy groups -OCH3 is 1. The Labute approximate surface area is 120 Å². The number of fused-ring (bicyclic) bond motifs is 2. The zero-order valence-electron chi connectivity index (χ0n) is 12.4. The molecule has 1 heterocycles. The maximum atomic E-state index is 11.7. The van der Waals surface area contributed by atoms with Gasteiger partial charge < -0.3 is 14.6 Å². The van der Waals surface area contributed by atoms with Gasteiger partial charge in [-0.2, -0.15) is 0 Å². The van der Waals surface area contributed by atoms with E-state index >= 15 is 0 Å². The highest BCUT2D eigenvalue weighted by molar-refractivity contribution is 5.90. The number of esters is 1. The summed E-state index contributed by atoms with van der Waals surface area (Å²) >= 11 is 0.